The lowest BCUT2D eigenvalue weighted by Gasteiger charge is -2.05. The zero-order valence-electron chi connectivity index (χ0n) is 15.7. The molecule has 1 aliphatic rings. The number of rotatable bonds is 9. The van der Waals surface area contributed by atoms with Crippen LogP contribution in [0.25, 0.3) is 5.57 Å². The molecule has 134 valence electrons. The first kappa shape index (κ1) is 19.4. The maximum absolute atomic E-state index is 13.2. The van der Waals surface area contributed by atoms with Crippen molar-refractivity contribution >= 4 is 11.4 Å². The molecule has 0 saturated heterocycles. The first-order valence-corrected chi connectivity index (χ1v) is 9.39. The highest BCUT2D eigenvalue weighted by Crippen LogP contribution is 2.36. The first-order valence-electron chi connectivity index (χ1n) is 9.39. The van der Waals surface area contributed by atoms with E-state index in [0.29, 0.717) is 0 Å². The Labute approximate surface area is 151 Å². The molecular formula is C23H29FO. The van der Waals surface area contributed by atoms with Gasteiger partial charge in [-0.15, -0.1) is 0 Å². The second kappa shape index (κ2) is 9.50. The van der Waals surface area contributed by atoms with Crippen molar-refractivity contribution in [2.45, 2.75) is 65.7 Å². The Morgan fingerprint density at radius 1 is 1.08 bits per heavy atom. The Morgan fingerprint density at radius 3 is 2.40 bits per heavy atom. The Hall–Kier alpha value is -1.96. The quantitative estimate of drug-likeness (QED) is 0.356. The molecule has 0 aromatic heterocycles. The maximum Gasteiger partial charge on any atom is 0.155 e. The molecule has 0 N–H and O–H groups in total. The number of Topliss-reactive ketones (excluding diaryl/α,β-unsaturated/α-hetero) is 1. The van der Waals surface area contributed by atoms with Crippen LogP contribution in [0.5, 0.6) is 0 Å². The van der Waals surface area contributed by atoms with Gasteiger partial charge in [-0.05, 0) is 73.1 Å². The van der Waals surface area contributed by atoms with Gasteiger partial charge >= 0.3 is 0 Å². The molecule has 0 bridgehead atoms. The minimum atomic E-state index is -0.209. The van der Waals surface area contributed by atoms with Gasteiger partial charge in [0.15, 0.2) is 5.78 Å². The number of benzene rings is 1. The summed E-state index contributed by atoms with van der Waals surface area (Å²) in [6.45, 7) is 5.72. The van der Waals surface area contributed by atoms with Crippen LogP contribution in [0.1, 0.15) is 71.3 Å². The molecule has 1 aliphatic carbocycles. The Morgan fingerprint density at radius 2 is 1.76 bits per heavy atom. The molecule has 0 radical (unpaired) electrons. The van der Waals surface area contributed by atoms with Crippen molar-refractivity contribution in [1.82, 2.24) is 0 Å². The van der Waals surface area contributed by atoms with Gasteiger partial charge in [0.25, 0.3) is 0 Å². The molecule has 1 aromatic carbocycles. The monoisotopic (exact) mass is 340 g/mol. The van der Waals surface area contributed by atoms with E-state index in [4.69, 9.17) is 0 Å². The number of carbonyl (C=O) groups excluding carboxylic acids is 1. The van der Waals surface area contributed by atoms with Crippen LogP contribution in [-0.4, -0.2) is 5.78 Å². The molecule has 0 unspecified atom stereocenters. The standard InChI is InChI=1S/C23H29FO/c1-4-5-6-7-8-9-20-15-22(19-10-12-23(24)13-11-19)16-21(20)14-17(2)18(3)25/h10-15H,4-9,16H2,1-3H3/b17-14+. The van der Waals surface area contributed by atoms with Gasteiger partial charge in [-0.25, -0.2) is 4.39 Å². The van der Waals surface area contributed by atoms with E-state index in [1.54, 1.807) is 6.92 Å². The molecule has 0 spiro atoms. The fraction of sp³-hybridized carbons (Fsp3) is 0.435. The van der Waals surface area contributed by atoms with Crippen molar-refractivity contribution < 1.29 is 9.18 Å². The average Bonchev–Trinajstić information content (AvgIpc) is 2.98. The Kier molecular flexibility index (Phi) is 7.36. The van der Waals surface area contributed by atoms with Gasteiger partial charge in [0, 0.05) is 0 Å². The van der Waals surface area contributed by atoms with Crippen molar-refractivity contribution in [1.29, 1.82) is 0 Å². The van der Waals surface area contributed by atoms with E-state index >= 15 is 0 Å². The lowest BCUT2D eigenvalue weighted by atomic mass is 9.99. The van der Waals surface area contributed by atoms with Crippen molar-refractivity contribution in [3.8, 4) is 0 Å². The number of unbranched alkanes of at least 4 members (excludes halogenated alkanes) is 4. The second-order valence-corrected chi connectivity index (χ2v) is 6.95. The summed E-state index contributed by atoms with van der Waals surface area (Å²) in [5.74, 6) is -0.0935. The molecule has 0 saturated carbocycles. The summed E-state index contributed by atoms with van der Waals surface area (Å²) < 4.78 is 13.2. The van der Waals surface area contributed by atoms with E-state index in [9.17, 15) is 9.18 Å². The van der Waals surface area contributed by atoms with Gasteiger partial charge in [-0.3, -0.25) is 4.79 Å². The lowest BCUT2D eigenvalue weighted by Crippen LogP contribution is -1.93. The molecule has 2 heteroatoms. The van der Waals surface area contributed by atoms with Gasteiger partial charge in [-0.1, -0.05) is 56.9 Å². The highest BCUT2D eigenvalue weighted by molar-refractivity contribution is 5.93. The summed E-state index contributed by atoms with van der Waals surface area (Å²) in [4.78, 5) is 11.6. The predicted molar refractivity (Wildman–Crippen MR) is 104 cm³/mol. The Bertz CT molecular complexity index is 689. The summed E-state index contributed by atoms with van der Waals surface area (Å²) in [5.41, 5.74) is 5.64. The van der Waals surface area contributed by atoms with Crippen molar-refractivity contribution in [3.63, 3.8) is 0 Å². The molecule has 2 rings (SSSR count). The van der Waals surface area contributed by atoms with Crippen LogP contribution < -0.4 is 0 Å². The van der Waals surface area contributed by atoms with Crippen molar-refractivity contribution in [3.05, 3.63) is 64.5 Å². The highest BCUT2D eigenvalue weighted by atomic mass is 19.1. The van der Waals surface area contributed by atoms with Gasteiger partial charge in [0.2, 0.25) is 0 Å². The molecule has 0 fully saturated rings. The van der Waals surface area contributed by atoms with E-state index in [2.05, 4.69) is 13.0 Å². The van der Waals surface area contributed by atoms with Gasteiger partial charge in [0.1, 0.15) is 5.82 Å². The number of allylic oxidation sites excluding steroid dienone is 6. The van der Waals surface area contributed by atoms with Crippen LogP contribution in [0.15, 0.2) is 53.1 Å². The minimum absolute atomic E-state index is 0.116. The van der Waals surface area contributed by atoms with Crippen LogP contribution in [0.4, 0.5) is 4.39 Å². The zero-order chi connectivity index (χ0) is 18.2. The van der Waals surface area contributed by atoms with E-state index in [-0.39, 0.29) is 11.6 Å². The third-order valence-corrected chi connectivity index (χ3v) is 4.85. The van der Waals surface area contributed by atoms with Crippen LogP contribution in [0, 0.1) is 5.82 Å². The number of hydrogen-bond acceptors (Lipinski definition) is 1. The van der Waals surface area contributed by atoms with Crippen LogP contribution in [0.2, 0.25) is 0 Å². The van der Waals surface area contributed by atoms with Crippen LogP contribution >= 0.6 is 0 Å². The molecule has 0 atom stereocenters. The lowest BCUT2D eigenvalue weighted by molar-refractivity contribution is -0.113. The first-order chi connectivity index (χ1) is 12.0. The number of hydrogen-bond donors (Lipinski definition) is 0. The molecule has 25 heavy (non-hydrogen) atoms. The summed E-state index contributed by atoms with van der Waals surface area (Å²) >= 11 is 0. The van der Waals surface area contributed by atoms with E-state index in [0.717, 1.165) is 24.0 Å². The topological polar surface area (TPSA) is 17.1 Å². The number of ketones is 1. The van der Waals surface area contributed by atoms with Crippen LogP contribution in [-0.2, 0) is 4.79 Å². The smallest absolute Gasteiger partial charge is 0.155 e. The fourth-order valence-electron chi connectivity index (χ4n) is 3.18. The maximum atomic E-state index is 13.2. The Balaban J connectivity index is 2.14. The molecular weight excluding hydrogens is 311 g/mol. The molecule has 1 aromatic rings. The third kappa shape index (κ3) is 5.81. The summed E-state index contributed by atoms with van der Waals surface area (Å²) in [5, 5.41) is 0. The molecule has 0 amide bonds. The number of carbonyl (C=O) groups is 1. The fourth-order valence-corrected chi connectivity index (χ4v) is 3.18. The summed E-state index contributed by atoms with van der Waals surface area (Å²) in [6.07, 6.45) is 12.4. The zero-order valence-corrected chi connectivity index (χ0v) is 15.7. The summed E-state index contributed by atoms with van der Waals surface area (Å²) in [7, 11) is 0. The molecule has 0 aliphatic heterocycles. The normalized spacial score (nSPS) is 14.9. The molecule has 1 nitrogen and oxygen atoms in total. The molecule has 0 heterocycles. The summed E-state index contributed by atoms with van der Waals surface area (Å²) in [6, 6.07) is 6.69. The SMILES string of the molecule is CCCCCCCC1=C(/C=C(\C)C(C)=O)CC(c2ccc(F)cc2)=C1. The van der Waals surface area contributed by atoms with E-state index < -0.39 is 0 Å². The van der Waals surface area contributed by atoms with Gasteiger partial charge < -0.3 is 0 Å². The average molecular weight is 340 g/mol. The van der Waals surface area contributed by atoms with Gasteiger partial charge in [-0.2, -0.15) is 0 Å². The second-order valence-electron chi connectivity index (χ2n) is 6.95. The predicted octanol–water partition coefficient (Wildman–Crippen LogP) is 6.81. The van der Waals surface area contributed by atoms with Crippen LogP contribution in [0.3, 0.4) is 0 Å². The minimum Gasteiger partial charge on any atom is -0.295 e. The van der Waals surface area contributed by atoms with E-state index in [1.807, 2.05) is 25.1 Å². The largest absolute Gasteiger partial charge is 0.295 e. The van der Waals surface area contributed by atoms with Crippen molar-refractivity contribution in [2.75, 3.05) is 0 Å². The van der Waals surface area contributed by atoms with Crippen molar-refractivity contribution in [2.24, 2.45) is 0 Å². The van der Waals surface area contributed by atoms with E-state index in [1.165, 1.54) is 61.0 Å². The third-order valence-electron chi connectivity index (χ3n) is 4.85. The highest BCUT2D eigenvalue weighted by Gasteiger charge is 2.16. The van der Waals surface area contributed by atoms with Gasteiger partial charge in [0.05, 0.1) is 0 Å². The number of halogens is 1.